The van der Waals surface area contributed by atoms with Crippen molar-refractivity contribution in [1.82, 2.24) is 0 Å². The lowest BCUT2D eigenvalue weighted by molar-refractivity contribution is 0.0460. The van der Waals surface area contributed by atoms with Crippen molar-refractivity contribution in [2.45, 2.75) is 30.9 Å². The number of fused-ring (bicyclic) bond motifs is 2. The van der Waals surface area contributed by atoms with Crippen LogP contribution in [0.15, 0.2) is 48.5 Å². The molecule has 2 nitrogen and oxygen atoms in total. The molecule has 2 aliphatic rings. The highest BCUT2D eigenvalue weighted by molar-refractivity contribution is 5.43. The van der Waals surface area contributed by atoms with Gasteiger partial charge < -0.3 is 10.5 Å². The third kappa shape index (κ3) is 1.67. The first-order valence-electron chi connectivity index (χ1n) is 6.86. The molecule has 19 heavy (non-hydrogen) atoms. The van der Waals surface area contributed by atoms with Crippen LogP contribution in [-0.4, -0.2) is 5.60 Å². The zero-order valence-electron chi connectivity index (χ0n) is 10.8. The van der Waals surface area contributed by atoms with Gasteiger partial charge in [-0.15, -0.1) is 0 Å². The van der Waals surface area contributed by atoms with E-state index in [2.05, 4.69) is 30.3 Å². The molecule has 1 spiro atoms. The Balaban J connectivity index is 1.73. The predicted octanol–water partition coefficient (Wildman–Crippen LogP) is 3.01. The summed E-state index contributed by atoms with van der Waals surface area (Å²) >= 11 is 0. The van der Waals surface area contributed by atoms with Crippen LogP contribution >= 0.6 is 0 Å². The van der Waals surface area contributed by atoms with Crippen LogP contribution < -0.4 is 10.5 Å². The summed E-state index contributed by atoms with van der Waals surface area (Å²) in [5.74, 6) is 0.967. The van der Waals surface area contributed by atoms with Gasteiger partial charge in [-0.2, -0.15) is 0 Å². The van der Waals surface area contributed by atoms with Gasteiger partial charge in [-0.1, -0.05) is 42.5 Å². The molecule has 2 N–H and O–H groups in total. The van der Waals surface area contributed by atoms with Crippen molar-refractivity contribution < 1.29 is 4.74 Å². The smallest absolute Gasteiger partial charge is 0.124 e. The van der Waals surface area contributed by atoms with Crippen LogP contribution in [0.4, 0.5) is 0 Å². The van der Waals surface area contributed by atoms with E-state index in [-0.39, 0.29) is 11.6 Å². The Kier molecular flexibility index (Phi) is 2.24. The molecule has 2 heteroatoms. The molecule has 1 atom stereocenters. The molecule has 0 saturated carbocycles. The number of rotatable bonds is 0. The molecule has 0 unspecified atom stereocenters. The average molecular weight is 251 g/mol. The molecule has 96 valence electrons. The van der Waals surface area contributed by atoms with Gasteiger partial charge in [-0.3, -0.25) is 0 Å². The van der Waals surface area contributed by atoms with Crippen molar-refractivity contribution in [3.05, 3.63) is 65.2 Å². The maximum Gasteiger partial charge on any atom is 0.124 e. The van der Waals surface area contributed by atoms with Crippen LogP contribution in [0.5, 0.6) is 5.75 Å². The zero-order valence-corrected chi connectivity index (χ0v) is 10.8. The number of hydrogen-bond donors (Lipinski definition) is 1. The van der Waals surface area contributed by atoms with E-state index in [1.54, 1.807) is 0 Å². The average Bonchev–Trinajstić information content (AvgIpc) is 2.75. The summed E-state index contributed by atoms with van der Waals surface area (Å²) in [6.45, 7) is 0. The first-order chi connectivity index (χ1) is 9.26. The number of benzene rings is 2. The van der Waals surface area contributed by atoms with Crippen LogP contribution in [0.2, 0.25) is 0 Å². The Morgan fingerprint density at radius 1 is 0.947 bits per heavy atom. The molecule has 2 aromatic carbocycles. The normalized spacial score (nSPS) is 22.7. The minimum atomic E-state index is -0.128. The summed E-state index contributed by atoms with van der Waals surface area (Å²) in [4.78, 5) is 0. The van der Waals surface area contributed by atoms with E-state index >= 15 is 0 Å². The Labute approximate surface area is 113 Å². The van der Waals surface area contributed by atoms with Crippen LogP contribution in [0.1, 0.15) is 29.2 Å². The van der Waals surface area contributed by atoms with Gasteiger partial charge in [-0.25, -0.2) is 0 Å². The fraction of sp³-hybridized carbons (Fsp3) is 0.294. The van der Waals surface area contributed by atoms with Gasteiger partial charge in [0.15, 0.2) is 0 Å². The summed E-state index contributed by atoms with van der Waals surface area (Å²) < 4.78 is 6.35. The number of para-hydroxylation sites is 1. The van der Waals surface area contributed by atoms with E-state index in [0.717, 1.165) is 30.6 Å². The molecule has 0 radical (unpaired) electrons. The van der Waals surface area contributed by atoms with Gasteiger partial charge in [0.05, 0.1) is 0 Å². The van der Waals surface area contributed by atoms with Gasteiger partial charge in [0.2, 0.25) is 0 Å². The maximum atomic E-state index is 6.36. The van der Waals surface area contributed by atoms with E-state index in [0.29, 0.717) is 0 Å². The number of ether oxygens (including phenoxy) is 1. The fourth-order valence-electron chi connectivity index (χ4n) is 3.54. The van der Waals surface area contributed by atoms with Crippen molar-refractivity contribution >= 4 is 0 Å². The summed E-state index contributed by atoms with van der Waals surface area (Å²) in [5.41, 5.74) is 10.2. The largest absolute Gasteiger partial charge is 0.486 e. The van der Waals surface area contributed by atoms with Gasteiger partial charge in [0.25, 0.3) is 0 Å². The Morgan fingerprint density at radius 3 is 2.32 bits per heavy atom. The summed E-state index contributed by atoms with van der Waals surface area (Å²) in [5, 5.41) is 0. The zero-order chi connectivity index (χ0) is 12.9. The van der Waals surface area contributed by atoms with Gasteiger partial charge in [0.1, 0.15) is 11.4 Å². The Bertz CT molecular complexity index is 610. The first kappa shape index (κ1) is 11.1. The van der Waals surface area contributed by atoms with Gasteiger partial charge in [0, 0.05) is 30.9 Å². The van der Waals surface area contributed by atoms with E-state index < -0.39 is 0 Å². The molecule has 0 aromatic heterocycles. The molecular weight excluding hydrogens is 234 g/mol. The lowest BCUT2D eigenvalue weighted by Gasteiger charge is -2.38. The lowest BCUT2D eigenvalue weighted by atomic mass is 9.85. The Morgan fingerprint density at radius 2 is 1.58 bits per heavy atom. The molecule has 0 fully saturated rings. The van der Waals surface area contributed by atoms with Gasteiger partial charge in [-0.05, 0) is 17.2 Å². The van der Waals surface area contributed by atoms with Crippen molar-refractivity contribution in [1.29, 1.82) is 0 Å². The van der Waals surface area contributed by atoms with Crippen molar-refractivity contribution in [3.63, 3.8) is 0 Å². The fourth-order valence-corrected chi connectivity index (χ4v) is 3.54. The maximum absolute atomic E-state index is 6.36. The van der Waals surface area contributed by atoms with E-state index in [1.807, 2.05) is 18.2 Å². The van der Waals surface area contributed by atoms with Crippen LogP contribution in [-0.2, 0) is 12.8 Å². The number of nitrogens with two attached hydrogens (primary N) is 1. The minimum Gasteiger partial charge on any atom is -0.486 e. The monoisotopic (exact) mass is 251 g/mol. The molecule has 0 bridgehead atoms. The summed E-state index contributed by atoms with van der Waals surface area (Å²) in [6, 6.07) is 16.9. The third-order valence-electron chi connectivity index (χ3n) is 4.38. The molecule has 1 heterocycles. The highest BCUT2D eigenvalue weighted by Gasteiger charge is 2.44. The predicted molar refractivity (Wildman–Crippen MR) is 75.2 cm³/mol. The van der Waals surface area contributed by atoms with E-state index in [9.17, 15) is 0 Å². The SMILES string of the molecule is N[C@H]1CC2(Cc3ccccc3C2)Oc2ccccc21. The second-order valence-corrected chi connectivity index (χ2v) is 5.76. The van der Waals surface area contributed by atoms with Crippen molar-refractivity contribution in [2.75, 3.05) is 0 Å². The molecule has 0 amide bonds. The molecule has 1 aliphatic carbocycles. The highest BCUT2D eigenvalue weighted by atomic mass is 16.5. The van der Waals surface area contributed by atoms with Crippen LogP contribution in [0.25, 0.3) is 0 Å². The van der Waals surface area contributed by atoms with Gasteiger partial charge >= 0.3 is 0 Å². The standard InChI is InChI=1S/C17H17NO/c18-15-11-17(19-16-8-4-3-7-14(15)16)9-12-5-1-2-6-13(12)10-17/h1-8,15H,9-11,18H2/t15-/m0/s1. The summed E-state index contributed by atoms with van der Waals surface area (Å²) in [7, 11) is 0. The molecule has 4 rings (SSSR count). The van der Waals surface area contributed by atoms with Crippen LogP contribution in [0, 0.1) is 0 Å². The van der Waals surface area contributed by atoms with E-state index in [4.69, 9.17) is 10.5 Å². The highest BCUT2D eigenvalue weighted by Crippen LogP contribution is 2.44. The quantitative estimate of drug-likeness (QED) is 0.781. The van der Waals surface area contributed by atoms with E-state index in [1.165, 1.54) is 11.1 Å². The molecule has 2 aromatic rings. The van der Waals surface area contributed by atoms with Crippen molar-refractivity contribution in [2.24, 2.45) is 5.73 Å². The molecule has 0 saturated heterocycles. The van der Waals surface area contributed by atoms with Crippen molar-refractivity contribution in [3.8, 4) is 5.75 Å². The lowest BCUT2D eigenvalue weighted by Crippen LogP contribution is -2.43. The molecule has 1 aliphatic heterocycles. The third-order valence-corrected chi connectivity index (χ3v) is 4.38. The first-order valence-corrected chi connectivity index (χ1v) is 6.86. The minimum absolute atomic E-state index is 0.0827. The second-order valence-electron chi connectivity index (χ2n) is 5.76. The summed E-state index contributed by atoms with van der Waals surface area (Å²) in [6.07, 6.45) is 2.86. The number of hydrogen-bond acceptors (Lipinski definition) is 2. The topological polar surface area (TPSA) is 35.2 Å². The Hall–Kier alpha value is -1.80. The molecular formula is C17H17NO. The van der Waals surface area contributed by atoms with Crippen LogP contribution in [0.3, 0.4) is 0 Å². The second kappa shape index (κ2) is 3.84.